The van der Waals surface area contributed by atoms with Crippen molar-refractivity contribution >= 4 is 11.9 Å². The Morgan fingerprint density at radius 2 is 2.03 bits per heavy atom. The van der Waals surface area contributed by atoms with Gasteiger partial charge >= 0.3 is 5.97 Å². The number of hydrogen-bond acceptors (Lipinski definition) is 11. The molecule has 1 aromatic rings. The Morgan fingerprint density at radius 3 is 2.59 bits per heavy atom. The van der Waals surface area contributed by atoms with Crippen molar-refractivity contribution in [1.82, 2.24) is 5.32 Å². The molecule has 0 aromatic heterocycles. The van der Waals surface area contributed by atoms with Gasteiger partial charge < -0.3 is 50.4 Å². The van der Waals surface area contributed by atoms with Crippen LogP contribution < -0.4 is 15.8 Å². The second kappa shape index (κ2) is 12.6. The maximum Gasteiger partial charge on any atom is 0.366 e. The molecular weight excluding hydrogens is 452 g/mol. The first kappa shape index (κ1) is 27.5. The first-order chi connectivity index (χ1) is 16.2. The predicted molar refractivity (Wildman–Crippen MR) is 116 cm³/mol. The van der Waals surface area contributed by atoms with Crippen LogP contribution in [0.4, 0.5) is 0 Å². The first-order valence-corrected chi connectivity index (χ1v) is 10.4. The lowest BCUT2D eigenvalue weighted by molar-refractivity contribution is -0.315. The Hall–Kier alpha value is -2.76. The molecule has 7 N–H and O–H groups in total. The molecule has 0 saturated carbocycles. The zero-order valence-corrected chi connectivity index (χ0v) is 18.6. The number of hydrogen-bond donors (Lipinski definition) is 6. The van der Waals surface area contributed by atoms with Gasteiger partial charge in [0.05, 0.1) is 32.0 Å². The molecule has 0 unspecified atom stereocenters. The largest absolute Gasteiger partial charge is 0.481 e. The molecule has 34 heavy (non-hydrogen) atoms. The third-order valence-corrected chi connectivity index (χ3v) is 5.23. The highest BCUT2D eigenvalue weighted by molar-refractivity contribution is 5.79. The van der Waals surface area contributed by atoms with Crippen molar-refractivity contribution in [3.8, 4) is 18.1 Å². The maximum absolute atomic E-state index is 12.7. The number of terminal acetylenes is 1. The number of nitrogens with one attached hydrogen (secondary N) is 1. The fraction of sp³-hybridized carbons (Fsp3) is 0.545. The van der Waals surface area contributed by atoms with E-state index in [1.807, 2.05) is 0 Å². The summed E-state index contributed by atoms with van der Waals surface area (Å²) < 4.78 is 21.6. The average Bonchev–Trinajstić information content (AvgIpc) is 2.86. The molecule has 1 aliphatic rings. The Balaban J connectivity index is 2.30. The van der Waals surface area contributed by atoms with Gasteiger partial charge in [0.1, 0.15) is 31.2 Å². The molecule has 1 saturated heterocycles. The summed E-state index contributed by atoms with van der Waals surface area (Å²) in [4.78, 5) is 24.5. The lowest BCUT2D eigenvalue weighted by atomic mass is 9.88. The summed E-state index contributed by atoms with van der Waals surface area (Å²) in [5.74, 6) is -1.19. The molecule has 188 valence electrons. The molecule has 12 nitrogen and oxygen atoms in total. The molecule has 1 amide bonds. The van der Waals surface area contributed by atoms with Crippen LogP contribution in [-0.4, -0.2) is 95.4 Å². The monoisotopic (exact) mass is 482 g/mol. The molecular formula is C22H30N2O10. The van der Waals surface area contributed by atoms with E-state index >= 15 is 0 Å². The predicted octanol–water partition coefficient (Wildman–Crippen LogP) is -2.61. The van der Waals surface area contributed by atoms with Crippen molar-refractivity contribution in [1.29, 1.82) is 0 Å². The minimum absolute atomic E-state index is 0.0966. The van der Waals surface area contributed by atoms with Gasteiger partial charge in [-0.25, -0.2) is 4.79 Å². The molecule has 0 bridgehead atoms. The zero-order valence-electron chi connectivity index (χ0n) is 18.6. The summed E-state index contributed by atoms with van der Waals surface area (Å²) in [6.45, 7) is -1.35. The third kappa shape index (κ3) is 6.64. The highest BCUT2D eigenvalue weighted by Crippen LogP contribution is 2.35. The van der Waals surface area contributed by atoms with Gasteiger partial charge in [-0.15, -0.1) is 6.42 Å². The van der Waals surface area contributed by atoms with Crippen LogP contribution >= 0.6 is 0 Å². The average molecular weight is 482 g/mol. The van der Waals surface area contributed by atoms with Crippen LogP contribution in [0, 0.1) is 12.3 Å². The number of carbonyl (C=O) groups is 2. The van der Waals surface area contributed by atoms with E-state index in [2.05, 4.69) is 11.2 Å². The topological polar surface area (TPSA) is 190 Å². The molecule has 1 fully saturated rings. The van der Waals surface area contributed by atoms with Gasteiger partial charge in [-0.05, 0) is 17.7 Å². The standard InChI is InChI=1S/C22H30N2O10/c1-3-8-32-14-6-4-13(5-7-14)12-33-22(21(30)31-2)9-15(26)18(24-17(28)11-25)20(34-22)19(29)16(27)10-23/h1,4-7,15-16,18-20,25-27,29H,8-12,23H2,2H3,(H,24,28)/t15-,16+,18+,19+,20+,22+/m0/s1. The van der Waals surface area contributed by atoms with Crippen molar-refractivity contribution in [3.05, 3.63) is 29.8 Å². The number of esters is 1. The van der Waals surface area contributed by atoms with E-state index < -0.39 is 61.1 Å². The van der Waals surface area contributed by atoms with Crippen LogP contribution in [0.2, 0.25) is 0 Å². The van der Waals surface area contributed by atoms with Crippen molar-refractivity contribution in [2.75, 3.05) is 26.9 Å². The molecule has 0 aliphatic carbocycles. The molecule has 0 spiro atoms. The number of rotatable bonds is 11. The lowest BCUT2D eigenvalue weighted by Crippen LogP contribution is -2.68. The van der Waals surface area contributed by atoms with Crippen molar-refractivity contribution < 1.29 is 49.0 Å². The van der Waals surface area contributed by atoms with E-state index in [1.165, 1.54) is 0 Å². The molecule has 6 atom stereocenters. The third-order valence-electron chi connectivity index (χ3n) is 5.23. The summed E-state index contributed by atoms with van der Waals surface area (Å²) in [5, 5.41) is 42.8. The van der Waals surface area contributed by atoms with Crippen LogP contribution in [0.3, 0.4) is 0 Å². The van der Waals surface area contributed by atoms with Crippen molar-refractivity contribution in [2.24, 2.45) is 5.73 Å². The second-order valence-corrected chi connectivity index (χ2v) is 7.57. The van der Waals surface area contributed by atoms with E-state index in [-0.39, 0.29) is 19.8 Å². The summed E-state index contributed by atoms with van der Waals surface area (Å²) in [5.41, 5.74) is 6.02. The van der Waals surface area contributed by atoms with E-state index in [9.17, 15) is 24.9 Å². The number of amides is 1. The van der Waals surface area contributed by atoms with Crippen LogP contribution in [0.5, 0.6) is 5.75 Å². The van der Waals surface area contributed by atoms with Crippen LogP contribution in [0.25, 0.3) is 0 Å². The van der Waals surface area contributed by atoms with Crippen LogP contribution in [0.15, 0.2) is 24.3 Å². The van der Waals surface area contributed by atoms with Gasteiger partial charge in [0.25, 0.3) is 5.79 Å². The number of benzene rings is 1. The van der Waals surface area contributed by atoms with Gasteiger partial charge in [-0.3, -0.25) is 4.79 Å². The summed E-state index contributed by atoms with van der Waals surface area (Å²) >= 11 is 0. The number of ether oxygens (including phenoxy) is 4. The van der Waals surface area contributed by atoms with E-state index in [4.69, 9.17) is 36.2 Å². The lowest BCUT2D eigenvalue weighted by Gasteiger charge is -2.47. The number of carbonyl (C=O) groups excluding carboxylic acids is 2. The minimum Gasteiger partial charge on any atom is -0.481 e. The van der Waals surface area contributed by atoms with Crippen LogP contribution in [0.1, 0.15) is 12.0 Å². The normalized spacial score (nSPS) is 26.1. The molecule has 2 rings (SSSR count). The smallest absolute Gasteiger partial charge is 0.366 e. The molecule has 12 heteroatoms. The molecule has 1 aliphatic heterocycles. The number of aliphatic hydroxyl groups is 4. The highest BCUT2D eigenvalue weighted by Gasteiger charge is 2.56. The summed E-state index contributed by atoms with van der Waals surface area (Å²) in [7, 11) is 1.08. The van der Waals surface area contributed by atoms with Gasteiger partial charge in [0, 0.05) is 13.0 Å². The summed E-state index contributed by atoms with van der Waals surface area (Å²) in [6.07, 6.45) is -1.61. The Kier molecular flexibility index (Phi) is 10.2. The van der Waals surface area contributed by atoms with E-state index in [0.29, 0.717) is 11.3 Å². The fourth-order valence-corrected chi connectivity index (χ4v) is 3.46. The van der Waals surface area contributed by atoms with Crippen molar-refractivity contribution in [2.45, 2.75) is 49.3 Å². The zero-order chi connectivity index (χ0) is 25.3. The molecule has 1 heterocycles. The van der Waals surface area contributed by atoms with Crippen molar-refractivity contribution in [3.63, 3.8) is 0 Å². The maximum atomic E-state index is 12.7. The number of nitrogens with two attached hydrogens (primary N) is 1. The minimum atomic E-state index is -2.19. The van der Waals surface area contributed by atoms with E-state index in [0.717, 1.165) is 7.11 Å². The SMILES string of the molecule is C#CCOc1ccc(CO[C@]2(C(=O)OC)C[C@H](O)[C@@H](NC(=O)CO)[C@H]([C@H](O)[C@H](O)CN)O2)cc1. The number of methoxy groups -OCH3 is 1. The Morgan fingerprint density at radius 1 is 1.35 bits per heavy atom. The quantitative estimate of drug-likeness (QED) is 0.143. The number of aliphatic hydroxyl groups excluding tert-OH is 4. The van der Waals surface area contributed by atoms with Crippen LogP contribution in [-0.2, 0) is 30.4 Å². The Bertz CT molecular complexity index is 858. The van der Waals surface area contributed by atoms with Gasteiger partial charge in [-0.1, -0.05) is 18.1 Å². The van der Waals surface area contributed by atoms with E-state index in [1.54, 1.807) is 24.3 Å². The first-order valence-electron chi connectivity index (χ1n) is 10.4. The summed E-state index contributed by atoms with van der Waals surface area (Å²) in [6, 6.07) is 5.30. The highest BCUT2D eigenvalue weighted by atomic mass is 16.7. The molecule has 0 radical (unpaired) electrons. The van der Waals surface area contributed by atoms with Gasteiger partial charge in [0.15, 0.2) is 0 Å². The molecule has 1 aromatic carbocycles. The van der Waals surface area contributed by atoms with Gasteiger partial charge in [0.2, 0.25) is 5.91 Å². The second-order valence-electron chi connectivity index (χ2n) is 7.57. The van der Waals surface area contributed by atoms with Gasteiger partial charge in [-0.2, -0.15) is 0 Å². The Labute approximate surface area is 196 Å². The fourth-order valence-electron chi connectivity index (χ4n) is 3.46.